The zero-order valence-electron chi connectivity index (χ0n) is 15.7. The summed E-state index contributed by atoms with van der Waals surface area (Å²) in [6.45, 7) is 2.22. The van der Waals surface area contributed by atoms with Crippen LogP contribution in [0.25, 0.3) is 0 Å². The third-order valence-corrected chi connectivity index (χ3v) is 7.85. The maximum Gasteiger partial charge on any atom is 0.249 e. The van der Waals surface area contributed by atoms with Crippen LogP contribution >= 0.6 is 27.5 Å². The molecule has 2 aromatic rings. The van der Waals surface area contributed by atoms with Crippen LogP contribution in [-0.4, -0.2) is 41.0 Å². The summed E-state index contributed by atoms with van der Waals surface area (Å²) >= 11 is 9.64. The zero-order valence-corrected chi connectivity index (χ0v) is 18.8. The molecule has 3 rings (SSSR count). The van der Waals surface area contributed by atoms with Gasteiger partial charge < -0.3 is 5.32 Å². The average molecular weight is 490 g/mol. The fraction of sp³-hybridized carbons (Fsp3) is 0.444. The molecule has 1 aliphatic rings. The van der Waals surface area contributed by atoms with Crippen molar-refractivity contribution in [2.45, 2.75) is 43.7 Å². The molecule has 0 bridgehead atoms. The van der Waals surface area contributed by atoms with Gasteiger partial charge in [-0.15, -0.1) is 0 Å². The van der Waals surface area contributed by atoms with Gasteiger partial charge in [0.1, 0.15) is 16.1 Å². The monoisotopic (exact) mass is 488 g/mol. The molecule has 1 fully saturated rings. The van der Waals surface area contributed by atoms with Crippen molar-refractivity contribution in [3.05, 3.63) is 45.1 Å². The molecule has 1 aromatic carbocycles. The summed E-state index contributed by atoms with van der Waals surface area (Å²) in [4.78, 5) is 12.6. The zero-order chi connectivity index (χ0) is 20.5. The molecular formula is C18H22BrClN4O3S. The van der Waals surface area contributed by atoms with Gasteiger partial charge in [0.05, 0.1) is 5.69 Å². The molecule has 0 saturated carbocycles. The fourth-order valence-electron chi connectivity index (χ4n) is 3.35. The standard InChI is InChI=1S/C18H22BrClN4O3S/c1-12-16(17(20)23(2)22-12)28(26,27)24(11-13-6-8-14(19)9-7-13)15-5-3-4-10-21-18(15)25/h6-9,15H,3-5,10-11H2,1-2H3,(H,21,25)/t15-/m1/s1. The maximum atomic E-state index is 13.6. The number of nitrogens with zero attached hydrogens (tertiary/aromatic N) is 3. The van der Waals surface area contributed by atoms with Crippen molar-refractivity contribution >= 4 is 43.5 Å². The third-order valence-electron chi connectivity index (χ3n) is 4.77. The van der Waals surface area contributed by atoms with Crippen molar-refractivity contribution in [1.82, 2.24) is 19.4 Å². The van der Waals surface area contributed by atoms with Crippen molar-refractivity contribution in [3.63, 3.8) is 0 Å². The highest BCUT2D eigenvalue weighted by Gasteiger charge is 2.39. The molecule has 152 valence electrons. The highest BCUT2D eigenvalue weighted by atomic mass is 79.9. The first-order chi connectivity index (χ1) is 13.2. The minimum atomic E-state index is -4.05. The van der Waals surface area contributed by atoms with Crippen LogP contribution in [-0.2, 0) is 28.4 Å². The number of aryl methyl sites for hydroxylation is 2. The topological polar surface area (TPSA) is 84.3 Å². The van der Waals surface area contributed by atoms with Gasteiger partial charge in [0.25, 0.3) is 0 Å². The maximum absolute atomic E-state index is 13.6. The van der Waals surface area contributed by atoms with E-state index in [-0.39, 0.29) is 22.5 Å². The SMILES string of the molecule is Cc1nn(C)c(Cl)c1S(=O)(=O)N(Cc1ccc(Br)cc1)[C@@H]1CCCCNC1=O. The Labute approximate surface area is 178 Å². The first-order valence-electron chi connectivity index (χ1n) is 8.95. The van der Waals surface area contributed by atoms with E-state index in [9.17, 15) is 13.2 Å². The van der Waals surface area contributed by atoms with Gasteiger partial charge in [-0.25, -0.2) is 8.42 Å². The van der Waals surface area contributed by atoms with E-state index in [1.54, 1.807) is 14.0 Å². The Hall–Kier alpha value is -1.42. The molecule has 1 saturated heterocycles. The predicted octanol–water partition coefficient (Wildman–Crippen LogP) is 3.00. The number of amides is 1. The number of benzene rings is 1. The van der Waals surface area contributed by atoms with E-state index in [4.69, 9.17) is 11.6 Å². The predicted molar refractivity (Wildman–Crippen MR) is 110 cm³/mol. The van der Waals surface area contributed by atoms with Crippen LogP contribution in [0.4, 0.5) is 0 Å². The van der Waals surface area contributed by atoms with E-state index >= 15 is 0 Å². The molecule has 1 amide bonds. The quantitative estimate of drug-likeness (QED) is 0.700. The second-order valence-corrected chi connectivity index (χ2v) is 9.91. The molecule has 1 aromatic heterocycles. The molecule has 1 aliphatic heterocycles. The second kappa shape index (κ2) is 8.52. The highest BCUT2D eigenvalue weighted by molar-refractivity contribution is 9.10. The Morgan fingerprint density at radius 1 is 1.32 bits per heavy atom. The fourth-order valence-corrected chi connectivity index (χ4v) is 5.93. The molecular weight excluding hydrogens is 468 g/mol. The highest BCUT2D eigenvalue weighted by Crippen LogP contribution is 2.31. The van der Waals surface area contributed by atoms with Crippen LogP contribution in [0.3, 0.4) is 0 Å². The summed E-state index contributed by atoms with van der Waals surface area (Å²) in [7, 11) is -2.46. The number of hydrogen-bond acceptors (Lipinski definition) is 4. The molecule has 1 N–H and O–H groups in total. The van der Waals surface area contributed by atoms with E-state index in [0.717, 1.165) is 22.9 Å². The number of carbonyl (C=O) groups is 1. The van der Waals surface area contributed by atoms with Gasteiger partial charge in [0.2, 0.25) is 15.9 Å². The van der Waals surface area contributed by atoms with Crippen LogP contribution < -0.4 is 5.32 Å². The lowest BCUT2D eigenvalue weighted by atomic mass is 10.1. The van der Waals surface area contributed by atoms with Crippen LogP contribution in [0, 0.1) is 6.92 Å². The van der Waals surface area contributed by atoms with Gasteiger partial charge >= 0.3 is 0 Å². The first kappa shape index (κ1) is 21.3. The molecule has 28 heavy (non-hydrogen) atoms. The van der Waals surface area contributed by atoms with E-state index in [1.165, 1.54) is 8.99 Å². The Balaban J connectivity index is 2.08. The van der Waals surface area contributed by atoms with Crippen molar-refractivity contribution in [2.24, 2.45) is 7.05 Å². The first-order valence-corrected chi connectivity index (χ1v) is 11.6. The molecule has 10 heteroatoms. The van der Waals surface area contributed by atoms with Crippen molar-refractivity contribution < 1.29 is 13.2 Å². The van der Waals surface area contributed by atoms with Crippen LogP contribution in [0.5, 0.6) is 0 Å². The largest absolute Gasteiger partial charge is 0.355 e. The lowest BCUT2D eigenvalue weighted by Gasteiger charge is -2.29. The van der Waals surface area contributed by atoms with E-state index in [0.29, 0.717) is 18.7 Å². The van der Waals surface area contributed by atoms with Crippen LogP contribution in [0.15, 0.2) is 33.6 Å². The van der Waals surface area contributed by atoms with Gasteiger partial charge in [-0.1, -0.05) is 39.7 Å². The summed E-state index contributed by atoms with van der Waals surface area (Å²) in [5.41, 5.74) is 1.09. The van der Waals surface area contributed by atoms with Crippen molar-refractivity contribution in [2.75, 3.05) is 6.54 Å². The third kappa shape index (κ3) is 4.27. The van der Waals surface area contributed by atoms with Crippen LogP contribution in [0.2, 0.25) is 5.15 Å². The minimum absolute atomic E-state index is 0.0346. The van der Waals surface area contributed by atoms with E-state index in [2.05, 4.69) is 26.3 Å². The number of nitrogens with one attached hydrogen (secondary N) is 1. The number of hydrogen-bond donors (Lipinski definition) is 1. The van der Waals surface area contributed by atoms with Gasteiger partial charge in [-0.05, 0) is 43.9 Å². The molecule has 7 nitrogen and oxygen atoms in total. The number of aromatic nitrogens is 2. The minimum Gasteiger partial charge on any atom is -0.355 e. The number of rotatable bonds is 5. The smallest absolute Gasteiger partial charge is 0.249 e. The van der Waals surface area contributed by atoms with Crippen LogP contribution in [0.1, 0.15) is 30.5 Å². The summed E-state index contributed by atoms with van der Waals surface area (Å²) in [5.74, 6) is -0.282. The Morgan fingerprint density at radius 3 is 2.61 bits per heavy atom. The summed E-state index contributed by atoms with van der Waals surface area (Å²) in [6, 6.07) is 6.55. The van der Waals surface area contributed by atoms with Crippen molar-refractivity contribution in [3.8, 4) is 0 Å². The molecule has 1 atom stereocenters. The van der Waals surface area contributed by atoms with E-state index < -0.39 is 16.1 Å². The molecule has 0 unspecified atom stereocenters. The van der Waals surface area contributed by atoms with Gasteiger partial charge in [-0.3, -0.25) is 9.48 Å². The lowest BCUT2D eigenvalue weighted by Crippen LogP contribution is -2.48. The van der Waals surface area contributed by atoms with Gasteiger partial charge in [-0.2, -0.15) is 9.40 Å². The Bertz CT molecular complexity index is 975. The number of carbonyl (C=O) groups excluding carboxylic acids is 1. The van der Waals surface area contributed by atoms with E-state index in [1.807, 2.05) is 24.3 Å². The molecule has 0 radical (unpaired) electrons. The summed E-state index contributed by atoms with van der Waals surface area (Å²) in [6.07, 6.45) is 2.04. The normalized spacial score (nSPS) is 18.2. The molecule has 0 aliphatic carbocycles. The molecule has 0 spiro atoms. The summed E-state index contributed by atoms with van der Waals surface area (Å²) < 4.78 is 30.7. The average Bonchev–Trinajstić information content (AvgIpc) is 2.78. The lowest BCUT2D eigenvalue weighted by molar-refractivity contribution is -0.124. The van der Waals surface area contributed by atoms with Gasteiger partial charge in [0.15, 0.2) is 0 Å². The second-order valence-electron chi connectivity index (χ2n) is 6.81. The Morgan fingerprint density at radius 2 is 2.00 bits per heavy atom. The Kier molecular flexibility index (Phi) is 6.48. The van der Waals surface area contributed by atoms with Gasteiger partial charge in [0, 0.05) is 24.6 Å². The summed E-state index contributed by atoms with van der Waals surface area (Å²) in [5, 5.41) is 6.99. The van der Waals surface area contributed by atoms with Crippen molar-refractivity contribution in [1.29, 1.82) is 0 Å². The molecule has 2 heterocycles. The number of sulfonamides is 1. The number of halogens is 2.